The van der Waals surface area contributed by atoms with Gasteiger partial charge in [-0.05, 0) is 29.8 Å². The van der Waals surface area contributed by atoms with E-state index >= 15 is 0 Å². The molecule has 3 nitrogen and oxygen atoms in total. The van der Waals surface area contributed by atoms with Crippen LogP contribution in [0.25, 0.3) is 0 Å². The van der Waals surface area contributed by atoms with Crippen LogP contribution in [0.4, 0.5) is 15.8 Å². The van der Waals surface area contributed by atoms with Crippen molar-refractivity contribution in [2.45, 2.75) is 13.0 Å². The molecular weight excluding hydrogens is 323 g/mol. The molecule has 3 rings (SSSR count). The van der Waals surface area contributed by atoms with Crippen molar-refractivity contribution in [1.29, 1.82) is 0 Å². The van der Waals surface area contributed by atoms with Crippen molar-refractivity contribution in [3.63, 3.8) is 0 Å². The molecule has 0 aromatic heterocycles. The Kier molecular flexibility index (Phi) is 3.53. The summed E-state index contributed by atoms with van der Waals surface area (Å²) < 4.78 is 20.1. The molecule has 2 aromatic carbocycles. The Labute approximate surface area is 125 Å². The van der Waals surface area contributed by atoms with Crippen LogP contribution < -0.4 is 15.8 Å². The lowest BCUT2D eigenvalue weighted by atomic mass is 10.1. The SMILES string of the molecule is Nc1c(F)cccc1NCc1cc(Br)cc2c1OCC2. The molecule has 1 heterocycles. The van der Waals surface area contributed by atoms with Crippen molar-refractivity contribution in [3.8, 4) is 5.75 Å². The van der Waals surface area contributed by atoms with Gasteiger partial charge >= 0.3 is 0 Å². The van der Waals surface area contributed by atoms with Gasteiger partial charge in [0.2, 0.25) is 0 Å². The first kappa shape index (κ1) is 13.2. The highest BCUT2D eigenvalue weighted by Crippen LogP contribution is 2.33. The third-order valence-corrected chi connectivity index (χ3v) is 3.81. The van der Waals surface area contributed by atoms with E-state index in [-0.39, 0.29) is 5.69 Å². The number of ether oxygens (including phenoxy) is 1. The molecule has 0 saturated heterocycles. The van der Waals surface area contributed by atoms with E-state index in [0.717, 1.165) is 22.2 Å². The van der Waals surface area contributed by atoms with Crippen LogP contribution in [0.3, 0.4) is 0 Å². The van der Waals surface area contributed by atoms with E-state index in [1.54, 1.807) is 12.1 Å². The smallest absolute Gasteiger partial charge is 0.148 e. The van der Waals surface area contributed by atoms with E-state index < -0.39 is 5.82 Å². The largest absolute Gasteiger partial charge is 0.493 e. The number of hydrogen-bond donors (Lipinski definition) is 2. The Bertz CT molecular complexity index is 661. The number of hydrogen-bond acceptors (Lipinski definition) is 3. The average molecular weight is 337 g/mol. The minimum absolute atomic E-state index is 0.139. The quantitative estimate of drug-likeness (QED) is 0.840. The van der Waals surface area contributed by atoms with Gasteiger partial charge in [0.15, 0.2) is 0 Å². The van der Waals surface area contributed by atoms with Gasteiger partial charge < -0.3 is 15.8 Å². The molecule has 0 amide bonds. The minimum atomic E-state index is -0.411. The highest BCUT2D eigenvalue weighted by molar-refractivity contribution is 9.10. The lowest BCUT2D eigenvalue weighted by Gasteiger charge is -2.13. The fourth-order valence-electron chi connectivity index (χ4n) is 2.36. The zero-order chi connectivity index (χ0) is 14.1. The predicted molar refractivity (Wildman–Crippen MR) is 81.5 cm³/mol. The molecule has 0 atom stereocenters. The van der Waals surface area contributed by atoms with Gasteiger partial charge in [0.1, 0.15) is 11.6 Å². The number of para-hydroxylation sites is 1. The number of fused-ring (bicyclic) bond motifs is 1. The van der Waals surface area contributed by atoms with Crippen LogP contribution in [0.5, 0.6) is 5.75 Å². The maximum atomic E-state index is 13.4. The topological polar surface area (TPSA) is 47.3 Å². The van der Waals surface area contributed by atoms with Gasteiger partial charge in [0.25, 0.3) is 0 Å². The van der Waals surface area contributed by atoms with Gasteiger partial charge in [0, 0.05) is 23.0 Å². The molecule has 0 saturated carbocycles. The van der Waals surface area contributed by atoms with Crippen molar-refractivity contribution in [3.05, 3.63) is 51.7 Å². The van der Waals surface area contributed by atoms with Crippen LogP contribution in [0.2, 0.25) is 0 Å². The van der Waals surface area contributed by atoms with Crippen LogP contribution in [0.15, 0.2) is 34.8 Å². The molecule has 1 aliphatic rings. The first-order valence-corrected chi connectivity index (χ1v) is 7.16. The number of nitrogens with one attached hydrogen (secondary N) is 1. The Balaban J connectivity index is 1.84. The maximum absolute atomic E-state index is 13.4. The maximum Gasteiger partial charge on any atom is 0.148 e. The summed E-state index contributed by atoms with van der Waals surface area (Å²) in [6.45, 7) is 1.25. The molecule has 20 heavy (non-hydrogen) atoms. The van der Waals surface area contributed by atoms with Crippen molar-refractivity contribution in [1.82, 2.24) is 0 Å². The summed E-state index contributed by atoms with van der Waals surface area (Å²) in [6, 6.07) is 8.82. The Hall–Kier alpha value is -1.75. The van der Waals surface area contributed by atoms with Crippen molar-refractivity contribution < 1.29 is 9.13 Å². The third kappa shape index (κ3) is 2.45. The second-order valence-electron chi connectivity index (χ2n) is 4.71. The van der Waals surface area contributed by atoms with Gasteiger partial charge in [-0.3, -0.25) is 0 Å². The second-order valence-corrected chi connectivity index (χ2v) is 5.62. The Morgan fingerprint density at radius 1 is 1.35 bits per heavy atom. The summed E-state index contributed by atoms with van der Waals surface area (Å²) in [5.74, 6) is 0.515. The zero-order valence-electron chi connectivity index (χ0n) is 10.7. The van der Waals surface area contributed by atoms with Crippen LogP contribution in [0, 0.1) is 5.82 Å². The molecule has 3 N–H and O–H groups in total. The fraction of sp³-hybridized carbons (Fsp3) is 0.200. The lowest BCUT2D eigenvalue weighted by molar-refractivity contribution is 0.354. The minimum Gasteiger partial charge on any atom is -0.493 e. The lowest BCUT2D eigenvalue weighted by Crippen LogP contribution is -2.05. The second kappa shape index (κ2) is 5.32. The molecule has 0 aliphatic carbocycles. The van der Waals surface area contributed by atoms with Crippen LogP contribution in [-0.2, 0) is 13.0 Å². The molecule has 5 heteroatoms. The van der Waals surface area contributed by atoms with Crippen LogP contribution >= 0.6 is 15.9 Å². The number of nitrogen functional groups attached to an aromatic ring is 1. The van der Waals surface area contributed by atoms with Crippen LogP contribution in [0.1, 0.15) is 11.1 Å². The first-order valence-electron chi connectivity index (χ1n) is 6.37. The fourth-order valence-corrected chi connectivity index (χ4v) is 2.91. The molecule has 0 unspecified atom stereocenters. The summed E-state index contributed by atoms with van der Waals surface area (Å²) in [5.41, 5.74) is 8.68. The number of anilines is 2. The molecule has 0 bridgehead atoms. The van der Waals surface area contributed by atoms with Crippen molar-refractivity contribution >= 4 is 27.3 Å². The van der Waals surface area contributed by atoms with Crippen LogP contribution in [-0.4, -0.2) is 6.61 Å². The summed E-state index contributed by atoms with van der Waals surface area (Å²) in [5, 5.41) is 3.16. The molecule has 0 radical (unpaired) electrons. The van der Waals surface area contributed by atoms with Crippen molar-refractivity contribution in [2.24, 2.45) is 0 Å². The number of halogens is 2. The molecule has 0 fully saturated rings. The highest BCUT2D eigenvalue weighted by atomic mass is 79.9. The summed E-state index contributed by atoms with van der Waals surface area (Å²) in [6.07, 6.45) is 0.921. The Morgan fingerprint density at radius 3 is 3.05 bits per heavy atom. The van der Waals surface area contributed by atoms with Gasteiger partial charge in [-0.2, -0.15) is 0 Å². The van der Waals surface area contributed by atoms with Gasteiger partial charge in [0.05, 0.1) is 18.0 Å². The van der Waals surface area contributed by atoms with E-state index in [0.29, 0.717) is 18.8 Å². The number of benzene rings is 2. The molecular formula is C15H14BrFN2O. The van der Waals surface area contributed by atoms with Crippen molar-refractivity contribution in [2.75, 3.05) is 17.7 Å². The summed E-state index contributed by atoms with van der Waals surface area (Å²) in [7, 11) is 0. The van der Waals surface area contributed by atoms with Gasteiger partial charge in [-0.1, -0.05) is 22.0 Å². The number of rotatable bonds is 3. The third-order valence-electron chi connectivity index (χ3n) is 3.35. The van der Waals surface area contributed by atoms with E-state index in [1.165, 1.54) is 11.6 Å². The van der Waals surface area contributed by atoms with E-state index in [9.17, 15) is 4.39 Å². The van der Waals surface area contributed by atoms with Gasteiger partial charge in [-0.15, -0.1) is 0 Å². The highest BCUT2D eigenvalue weighted by Gasteiger charge is 2.17. The zero-order valence-corrected chi connectivity index (χ0v) is 12.3. The standard InChI is InChI=1S/C15H14BrFN2O/c16-11-6-9-4-5-20-15(9)10(7-11)8-19-13-3-1-2-12(17)14(13)18/h1-3,6-7,19H,4-5,8,18H2. The molecule has 0 spiro atoms. The molecule has 2 aromatic rings. The first-order chi connectivity index (χ1) is 9.65. The van der Waals surface area contributed by atoms with E-state index in [1.807, 2.05) is 6.07 Å². The average Bonchev–Trinajstić information content (AvgIpc) is 2.88. The van der Waals surface area contributed by atoms with E-state index in [2.05, 4.69) is 27.3 Å². The van der Waals surface area contributed by atoms with Gasteiger partial charge in [-0.25, -0.2) is 4.39 Å². The predicted octanol–water partition coefficient (Wildman–Crippen LogP) is 3.72. The summed E-state index contributed by atoms with van der Waals surface area (Å²) in [4.78, 5) is 0. The monoisotopic (exact) mass is 336 g/mol. The van der Waals surface area contributed by atoms with E-state index in [4.69, 9.17) is 10.5 Å². The Morgan fingerprint density at radius 2 is 2.20 bits per heavy atom. The molecule has 1 aliphatic heterocycles. The number of nitrogens with two attached hydrogens (primary N) is 1. The normalized spacial score (nSPS) is 12.9. The summed E-state index contributed by atoms with van der Waals surface area (Å²) >= 11 is 3.50. The molecule has 104 valence electrons.